The fourth-order valence-corrected chi connectivity index (χ4v) is 2.31. The smallest absolute Gasteiger partial charge is 0.251 e. The van der Waals surface area contributed by atoms with Crippen LogP contribution in [0, 0.1) is 0 Å². The van der Waals surface area contributed by atoms with Gasteiger partial charge in [-0.1, -0.05) is 29.8 Å². The number of halogens is 1. The summed E-state index contributed by atoms with van der Waals surface area (Å²) in [5, 5.41) is 3.08. The minimum absolute atomic E-state index is 0.0714. The van der Waals surface area contributed by atoms with Crippen LogP contribution in [0.25, 0.3) is 0 Å². The first-order valence-electron chi connectivity index (χ1n) is 7.40. The number of hydrogen-bond acceptors (Lipinski definition) is 3. The topological polar surface area (TPSA) is 58.6 Å². The molecule has 0 aliphatic rings. The number of likely N-dealkylation sites (N-methyl/N-ethyl adjacent to an activating group) is 1. The quantitative estimate of drug-likeness (QED) is 0.875. The van der Waals surface area contributed by atoms with Crippen LogP contribution in [0.5, 0.6) is 5.75 Å². The Morgan fingerprint density at radius 2 is 1.88 bits per heavy atom. The molecule has 2 amide bonds. The third kappa shape index (κ3) is 4.99. The van der Waals surface area contributed by atoms with Crippen molar-refractivity contribution in [1.29, 1.82) is 0 Å². The molecule has 0 unspecified atom stereocenters. The second-order valence-electron chi connectivity index (χ2n) is 5.29. The lowest BCUT2D eigenvalue weighted by Gasteiger charge is -2.18. The van der Waals surface area contributed by atoms with E-state index in [2.05, 4.69) is 5.32 Å². The summed E-state index contributed by atoms with van der Waals surface area (Å²) in [5.74, 6) is 0.256. The lowest BCUT2D eigenvalue weighted by Crippen LogP contribution is -2.37. The van der Waals surface area contributed by atoms with E-state index in [1.807, 2.05) is 24.3 Å². The van der Waals surface area contributed by atoms with Gasteiger partial charge in [-0.2, -0.15) is 0 Å². The Morgan fingerprint density at radius 1 is 1.17 bits per heavy atom. The van der Waals surface area contributed by atoms with Gasteiger partial charge in [0.25, 0.3) is 5.91 Å². The van der Waals surface area contributed by atoms with Gasteiger partial charge in [-0.05, 0) is 35.9 Å². The summed E-state index contributed by atoms with van der Waals surface area (Å²) in [4.78, 5) is 25.7. The number of amides is 2. The van der Waals surface area contributed by atoms with E-state index in [9.17, 15) is 9.59 Å². The van der Waals surface area contributed by atoms with Crippen LogP contribution in [0.1, 0.15) is 15.9 Å². The van der Waals surface area contributed by atoms with Gasteiger partial charge < -0.3 is 15.0 Å². The molecular weight excluding hydrogens is 328 g/mol. The molecular formula is C18H19ClN2O3. The van der Waals surface area contributed by atoms with Crippen molar-refractivity contribution < 1.29 is 14.3 Å². The van der Waals surface area contributed by atoms with Gasteiger partial charge in [0.2, 0.25) is 5.91 Å². The van der Waals surface area contributed by atoms with Crippen molar-refractivity contribution >= 4 is 23.4 Å². The fraction of sp³-hybridized carbons (Fsp3) is 0.222. The van der Waals surface area contributed by atoms with Crippen LogP contribution in [0.3, 0.4) is 0 Å². The molecule has 0 aromatic heterocycles. The number of hydrogen-bond donors (Lipinski definition) is 1. The van der Waals surface area contributed by atoms with Crippen LogP contribution in [0.15, 0.2) is 48.5 Å². The summed E-state index contributed by atoms with van der Waals surface area (Å²) in [6.45, 7) is 0.383. The standard InChI is InChI=1S/C18H19ClN2O3/c1-21(12-13-6-8-16(24-2)9-7-13)17(22)11-20-18(23)14-4-3-5-15(19)10-14/h3-10H,11-12H2,1-2H3,(H,20,23). The van der Waals surface area contributed by atoms with Crippen molar-refractivity contribution in [1.82, 2.24) is 10.2 Å². The van der Waals surface area contributed by atoms with E-state index in [4.69, 9.17) is 16.3 Å². The summed E-state index contributed by atoms with van der Waals surface area (Å²) in [7, 11) is 3.30. The van der Waals surface area contributed by atoms with Crippen LogP contribution in [0.4, 0.5) is 0 Å². The molecule has 0 aliphatic heterocycles. The summed E-state index contributed by atoms with van der Waals surface area (Å²) in [6, 6.07) is 14.1. The van der Waals surface area contributed by atoms with E-state index in [0.717, 1.165) is 11.3 Å². The molecule has 0 saturated heterocycles. The zero-order valence-corrected chi connectivity index (χ0v) is 14.3. The molecule has 0 heterocycles. The Labute approximate surface area is 146 Å². The highest BCUT2D eigenvalue weighted by atomic mass is 35.5. The Balaban J connectivity index is 1.85. The zero-order valence-electron chi connectivity index (χ0n) is 13.6. The number of rotatable bonds is 6. The Morgan fingerprint density at radius 3 is 2.50 bits per heavy atom. The maximum Gasteiger partial charge on any atom is 0.251 e. The number of carbonyl (C=O) groups is 2. The summed E-state index contributed by atoms with van der Waals surface area (Å²) in [6.07, 6.45) is 0. The second-order valence-corrected chi connectivity index (χ2v) is 5.73. The number of benzene rings is 2. The molecule has 126 valence electrons. The van der Waals surface area contributed by atoms with Gasteiger partial charge in [-0.3, -0.25) is 9.59 Å². The van der Waals surface area contributed by atoms with Crippen LogP contribution in [-0.2, 0) is 11.3 Å². The normalized spacial score (nSPS) is 10.1. The molecule has 2 aromatic rings. The average Bonchev–Trinajstić information content (AvgIpc) is 2.60. The first kappa shape index (κ1) is 17.8. The predicted octanol–water partition coefficient (Wildman–Crippen LogP) is 2.74. The lowest BCUT2D eigenvalue weighted by molar-refractivity contribution is -0.129. The number of methoxy groups -OCH3 is 1. The van der Waals surface area contributed by atoms with Gasteiger partial charge in [0.1, 0.15) is 5.75 Å². The molecule has 0 saturated carbocycles. The van der Waals surface area contributed by atoms with Gasteiger partial charge in [0.15, 0.2) is 0 Å². The highest BCUT2D eigenvalue weighted by Crippen LogP contribution is 2.13. The van der Waals surface area contributed by atoms with Crippen molar-refractivity contribution in [2.75, 3.05) is 20.7 Å². The summed E-state index contributed by atoms with van der Waals surface area (Å²) < 4.78 is 5.10. The third-order valence-electron chi connectivity index (χ3n) is 3.49. The molecule has 5 nitrogen and oxygen atoms in total. The lowest BCUT2D eigenvalue weighted by atomic mass is 10.2. The van der Waals surface area contributed by atoms with Crippen molar-refractivity contribution in [3.63, 3.8) is 0 Å². The Hall–Kier alpha value is -2.53. The van der Waals surface area contributed by atoms with Crippen molar-refractivity contribution in [3.8, 4) is 5.75 Å². The first-order chi connectivity index (χ1) is 11.5. The maximum atomic E-state index is 12.1. The van der Waals surface area contributed by atoms with Gasteiger partial charge >= 0.3 is 0 Å². The van der Waals surface area contributed by atoms with Crippen molar-refractivity contribution in [3.05, 3.63) is 64.7 Å². The van der Waals surface area contributed by atoms with Crippen LogP contribution in [0.2, 0.25) is 5.02 Å². The van der Waals surface area contributed by atoms with Gasteiger partial charge in [-0.25, -0.2) is 0 Å². The third-order valence-corrected chi connectivity index (χ3v) is 3.73. The van der Waals surface area contributed by atoms with Gasteiger partial charge in [0.05, 0.1) is 13.7 Å². The van der Waals surface area contributed by atoms with Crippen molar-refractivity contribution in [2.24, 2.45) is 0 Å². The van der Waals surface area contributed by atoms with Crippen LogP contribution in [-0.4, -0.2) is 37.4 Å². The molecule has 1 N–H and O–H groups in total. The Kier molecular flexibility index (Phi) is 6.21. The number of carbonyl (C=O) groups excluding carboxylic acids is 2. The molecule has 0 radical (unpaired) electrons. The SMILES string of the molecule is COc1ccc(CN(C)C(=O)CNC(=O)c2cccc(Cl)c2)cc1. The molecule has 0 aliphatic carbocycles. The molecule has 2 rings (SSSR count). The number of nitrogens with one attached hydrogen (secondary N) is 1. The molecule has 24 heavy (non-hydrogen) atoms. The minimum Gasteiger partial charge on any atom is -0.497 e. The first-order valence-corrected chi connectivity index (χ1v) is 7.78. The predicted molar refractivity (Wildman–Crippen MR) is 93.3 cm³/mol. The molecule has 0 atom stereocenters. The van der Waals surface area contributed by atoms with Gasteiger partial charge in [0, 0.05) is 24.2 Å². The average molecular weight is 347 g/mol. The number of nitrogens with zero attached hydrogens (tertiary/aromatic N) is 1. The zero-order chi connectivity index (χ0) is 17.5. The molecule has 0 bridgehead atoms. The van der Waals surface area contributed by atoms with E-state index in [-0.39, 0.29) is 18.4 Å². The maximum absolute atomic E-state index is 12.1. The monoisotopic (exact) mass is 346 g/mol. The highest BCUT2D eigenvalue weighted by Gasteiger charge is 2.12. The van der Waals surface area contributed by atoms with E-state index in [1.54, 1.807) is 43.3 Å². The molecule has 0 fully saturated rings. The minimum atomic E-state index is -0.330. The Bertz CT molecular complexity index is 716. The number of ether oxygens (including phenoxy) is 1. The second kappa shape index (κ2) is 8.36. The summed E-state index contributed by atoms with van der Waals surface area (Å²) >= 11 is 5.85. The van der Waals surface area contributed by atoms with Crippen molar-refractivity contribution in [2.45, 2.75) is 6.54 Å². The van der Waals surface area contributed by atoms with E-state index in [0.29, 0.717) is 17.1 Å². The fourth-order valence-electron chi connectivity index (χ4n) is 2.12. The van der Waals surface area contributed by atoms with Crippen LogP contribution < -0.4 is 10.1 Å². The van der Waals surface area contributed by atoms with E-state index >= 15 is 0 Å². The van der Waals surface area contributed by atoms with E-state index in [1.165, 1.54) is 0 Å². The van der Waals surface area contributed by atoms with Crippen LogP contribution >= 0.6 is 11.6 Å². The highest BCUT2D eigenvalue weighted by molar-refractivity contribution is 6.30. The largest absolute Gasteiger partial charge is 0.497 e. The van der Waals surface area contributed by atoms with Gasteiger partial charge in [-0.15, -0.1) is 0 Å². The molecule has 6 heteroatoms. The summed E-state index contributed by atoms with van der Waals surface area (Å²) in [5.41, 5.74) is 1.40. The van der Waals surface area contributed by atoms with E-state index < -0.39 is 0 Å². The molecule has 2 aromatic carbocycles. The molecule has 0 spiro atoms.